The van der Waals surface area contributed by atoms with E-state index in [2.05, 4.69) is 66.6 Å². The molecular formula is C27H19N6Zn-. The summed E-state index contributed by atoms with van der Waals surface area (Å²) >= 11 is 0. The normalized spacial score (nSPS) is 11.6. The van der Waals surface area contributed by atoms with Crippen LogP contribution < -0.4 is 0 Å². The molecule has 6 heterocycles. The number of aromatic amines is 3. The van der Waals surface area contributed by atoms with Gasteiger partial charge in [0.2, 0.25) is 0 Å². The third kappa shape index (κ3) is 4.80. The number of rotatable bonds is 0. The van der Waals surface area contributed by atoms with Crippen molar-refractivity contribution in [2.75, 3.05) is 0 Å². The SMILES string of the molecule is C1=Cc2cc3ccc(cc4ccc(cc5nc(cc1n2)C=C5)[nH]4)[nH]3.[Zn].[c-]1nc2ccccc2[nH]1. The summed E-state index contributed by atoms with van der Waals surface area (Å²) in [5.74, 6) is 0. The molecular weight excluding hydrogens is 474 g/mol. The van der Waals surface area contributed by atoms with E-state index in [1.165, 1.54) is 0 Å². The van der Waals surface area contributed by atoms with Gasteiger partial charge in [-0.3, -0.25) is 0 Å². The Morgan fingerprint density at radius 1 is 0.559 bits per heavy atom. The van der Waals surface area contributed by atoms with Crippen molar-refractivity contribution in [3.8, 4) is 0 Å². The number of hydrogen-bond acceptors (Lipinski definition) is 3. The summed E-state index contributed by atoms with van der Waals surface area (Å²) in [6.07, 6.45) is 10.7. The molecule has 6 nitrogen and oxygen atoms in total. The van der Waals surface area contributed by atoms with Crippen LogP contribution in [0.1, 0.15) is 22.8 Å². The maximum absolute atomic E-state index is 4.62. The van der Waals surface area contributed by atoms with E-state index in [-0.39, 0.29) is 19.5 Å². The van der Waals surface area contributed by atoms with E-state index in [1.54, 1.807) is 0 Å². The zero-order chi connectivity index (χ0) is 22.0. The third-order valence-corrected chi connectivity index (χ3v) is 5.31. The third-order valence-electron chi connectivity index (χ3n) is 5.31. The van der Waals surface area contributed by atoms with Gasteiger partial charge in [-0.1, -0.05) is 23.2 Å². The van der Waals surface area contributed by atoms with Crippen molar-refractivity contribution < 1.29 is 19.5 Å². The van der Waals surface area contributed by atoms with E-state index in [4.69, 9.17) is 0 Å². The van der Waals surface area contributed by atoms with E-state index in [9.17, 15) is 0 Å². The fourth-order valence-electron chi connectivity index (χ4n) is 3.77. The second-order valence-electron chi connectivity index (χ2n) is 7.77. The molecule has 0 saturated heterocycles. The Labute approximate surface area is 208 Å². The molecule has 0 saturated carbocycles. The number of H-pyrrole nitrogens is 3. The molecule has 2 aliphatic heterocycles. The Morgan fingerprint density at radius 2 is 1.06 bits per heavy atom. The van der Waals surface area contributed by atoms with Gasteiger partial charge in [-0.15, -0.1) is 12.1 Å². The molecule has 4 aromatic heterocycles. The van der Waals surface area contributed by atoms with Crippen LogP contribution >= 0.6 is 0 Å². The smallest absolute Gasteiger partial charge is 0.0659 e. The molecule has 0 radical (unpaired) electrons. The first kappa shape index (κ1) is 21.7. The van der Waals surface area contributed by atoms with Crippen molar-refractivity contribution >= 4 is 57.4 Å². The van der Waals surface area contributed by atoms with Crippen LogP contribution in [-0.2, 0) is 19.5 Å². The number of nitrogens with zero attached hydrogens (tertiary/aromatic N) is 3. The van der Waals surface area contributed by atoms with Gasteiger partial charge in [-0.2, -0.15) is 0 Å². The molecule has 5 aromatic rings. The van der Waals surface area contributed by atoms with Crippen LogP contribution in [0.3, 0.4) is 0 Å². The molecule has 8 bridgehead atoms. The topological polar surface area (TPSA) is 86.0 Å². The van der Waals surface area contributed by atoms with E-state index in [1.807, 2.05) is 66.8 Å². The van der Waals surface area contributed by atoms with Gasteiger partial charge in [0, 0.05) is 41.5 Å². The van der Waals surface area contributed by atoms with Crippen molar-refractivity contribution in [1.29, 1.82) is 0 Å². The molecule has 0 aliphatic carbocycles. The van der Waals surface area contributed by atoms with Crippen LogP contribution in [0.2, 0.25) is 0 Å². The summed E-state index contributed by atoms with van der Waals surface area (Å²) in [5.41, 5.74) is 9.87. The molecule has 3 N–H and O–H groups in total. The van der Waals surface area contributed by atoms with Crippen LogP contribution in [0.15, 0.2) is 72.8 Å². The van der Waals surface area contributed by atoms with Gasteiger partial charge in [0.25, 0.3) is 0 Å². The second kappa shape index (κ2) is 9.42. The Morgan fingerprint density at radius 3 is 1.62 bits per heavy atom. The number of aromatic nitrogens is 6. The van der Waals surface area contributed by atoms with Gasteiger partial charge in [-0.25, -0.2) is 9.97 Å². The number of nitrogens with one attached hydrogen (secondary N) is 3. The van der Waals surface area contributed by atoms with Gasteiger partial charge in [-0.05, 0) is 79.2 Å². The zero-order valence-corrected chi connectivity index (χ0v) is 21.3. The van der Waals surface area contributed by atoms with E-state index < -0.39 is 0 Å². The maximum Gasteiger partial charge on any atom is 0.0659 e. The molecule has 0 atom stereocenters. The van der Waals surface area contributed by atoms with Crippen LogP contribution in [-0.4, -0.2) is 29.9 Å². The molecule has 1 aromatic carbocycles. The van der Waals surface area contributed by atoms with Crippen LogP contribution in [0.5, 0.6) is 0 Å². The molecule has 0 unspecified atom stereocenters. The summed E-state index contributed by atoms with van der Waals surface area (Å²) in [4.78, 5) is 22.8. The van der Waals surface area contributed by atoms with Gasteiger partial charge in [0.15, 0.2) is 0 Å². The summed E-state index contributed by atoms with van der Waals surface area (Å²) in [7, 11) is 0. The molecule has 7 heteroatoms. The van der Waals surface area contributed by atoms with E-state index in [0.29, 0.717) is 0 Å². The Hall–Kier alpha value is -4.09. The predicted molar refractivity (Wildman–Crippen MR) is 134 cm³/mol. The van der Waals surface area contributed by atoms with Crippen LogP contribution in [0.25, 0.3) is 57.4 Å². The molecule has 160 valence electrons. The van der Waals surface area contributed by atoms with Crippen LogP contribution in [0, 0.1) is 6.33 Å². The average Bonchev–Trinajstić information content (AvgIpc) is 3.63. The first-order valence-electron chi connectivity index (χ1n) is 10.6. The van der Waals surface area contributed by atoms with Gasteiger partial charge in [0.05, 0.1) is 22.8 Å². The first-order chi connectivity index (χ1) is 16.3. The molecule has 0 amide bonds. The van der Waals surface area contributed by atoms with E-state index in [0.717, 1.165) is 55.9 Å². The summed E-state index contributed by atoms with van der Waals surface area (Å²) < 4.78 is 0. The maximum atomic E-state index is 4.62. The van der Waals surface area contributed by atoms with Gasteiger partial charge < -0.3 is 19.9 Å². The first-order valence-corrected chi connectivity index (χ1v) is 10.6. The van der Waals surface area contributed by atoms with Crippen LogP contribution in [0.4, 0.5) is 0 Å². The second-order valence-corrected chi connectivity index (χ2v) is 7.77. The Balaban J connectivity index is 0.000000203. The number of hydrogen-bond donors (Lipinski definition) is 3. The van der Waals surface area contributed by atoms with Crippen molar-refractivity contribution in [2.45, 2.75) is 0 Å². The quantitative estimate of drug-likeness (QED) is 0.179. The number of imidazole rings is 1. The predicted octanol–water partition coefficient (Wildman–Crippen LogP) is 6.02. The molecule has 2 aliphatic rings. The fraction of sp³-hybridized carbons (Fsp3) is 0. The van der Waals surface area contributed by atoms with Crippen molar-refractivity contribution in [1.82, 2.24) is 29.9 Å². The standard InChI is InChI=1S/C20H14N4.C7H5N2.Zn/c1-2-14-10-16-5-6-18(23-16)12-20-8-7-19(24-20)11-17-4-3-15(22-17)9-13(1)21-14;1-2-4-7-6(3-1)8-5-9-7;/h1-12,21-22H;1-4H,(H,8,9);/q;-1;. The largest absolute Gasteiger partial charge is 0.461 e. The van der Waals surface area contributed by atoms with Crippen molar-refractivity contribution in [2.24, 2.45) is 0 Å². The summed E-state index contributed by atoms with van der Waals surface area (Å²) in [6.45, 7) is 0. The zero-order valence-electron chi connectivity index (χ0n) is 18.3. The minimum Gasteiger partial charge on any atom is -0.461 e. The van der Waals surface area contributed by atoms with Gasteiger partial charge in [0.1, 0.15) is 0 Å². The Kier molecular flexibility index (Phi) is 6.02. The van der Waals surface area contributed by atoms with Crippen molar-refractivity contribution in [3.05, 3.63) is 102 Å². The monoisotopic (exact) mass is 491 g/mol. The number of benzene rings is 1. The summed E-state index contributed by atoms with van der Waals surface area (Å²) in [6, 6.07) is 24.2. The van der Waals surface area contributed by atoms with E-state index >= 15 is 0 Å². The fourth-order valence-corrected chi connectivity index (χ4v) is 3.77. The molecule has 0 spiro atoms. The minimum absolute atomic E-state index is 0. The Bertz CT molecular complexity index is 1570. The van der Waals surface area contributed by atoms with Crippen molar-refractivity contribution in [3.63, 3.8) is 0 Å². The number of para-hydroxylation sites is 2. The number of fused-ring (bicyclic) bond motifs is 9. The molecule has 0 fully saturated rings. The average molecular weight is 493 g/mol. The molecule has 34 heavy (non-hydrogen) atoms. The minimum atomic E-state index is 0. The summed E-state index contributed by atoms with van der Waals surface area (Å²) in [5, 5.41) is 0. The van der Waals surface area contributed by atoms with Gasteiger partial charge >= 0.3 is 0 Å². The molecule has 7 rings (SSSR count).